The molecule has 0 saturated heterocycles. The lowest BCUT2D eigenvalue weighted by molar-refractivity contribution is -0.393. The lowest BCUT2D eigenvalue weighted by Crippen LogP contribution is -2.32. The molecule has 0 aliphatic heterocycles. The van der Waals surface area contributed by atoms with Gasteiger partial charge in [-0.25, -0.2) is 0 Å². The summed E-state index contributed by atoms with van der Waals surface area (Å²) in [5.74, 6) is -0.653. The van der Waals surface area contributed by atoms with Crippen molar-refractivity contribution in [3.05, 3.63) is 49.8 Å². The van der Waals surface area contributed by atoms with Crippen molar-refractivity contribution in [1.82, 2.24) is 0 Å². The fraction of sp³-hybridized carbons (Fsp3) is 0.375. The third-order valence-corrected chi connectivity index (χ3v) is 3.93. The molecule has 0 radical (unpaired) electrons. The zero-order chi connectivity index (χ0) is 19.6. The molecule has 0 saturated carbocycles. The quantitative estimate of drug-likeness (QED) is 0.480. The van der Waals surface area contributed by atoms with E-state index >= 15 is 0 Å². The van der Waals surface area contributed by atoms with Crippen LogP contribution >= 0.6 is 0 Å². The summed E-state index contributed by atoms with van der Waals surface area (Å²) in [5, 5.41) is 38.0. The third-order valence-electron chi connectivity index (χ3n) is 3.93. The van der Waals surface area contributed by atoms with Gasteiger partial charge >= 0.3 is 5.69 Å². The van der Waals surface area contributed by atoms with E-state index in [-0.39, 0.29) is 41.4 Å². The lowest BCUT2D eigenvalue weighted by Gasteiger charge is -2.34. The van der Waals surface area contributed by atoms with Crippen LogP contribution in [0.15, 0.2) is 34.6 Å². The Hall–Kier alpha value is -3.30. The molecule has 0 amide bonds. The summed E-state index contributed by atoms with van der Waals surface area (Å²) >= 11 is 0. The van der Waals surface area contributed by atoms with Crippen LogP contribution in [-0.4, -0.2) is 21.3 Å². The van der Waals surface area contributed by atoms with Crippen molar-refractivity contribution in [2.24, 2.45) is 10.5 Å². The molecule has 10 heteroatoms. The van der Waals surface area contributed by atoms with E-state index in [0.29, 0.717) is 0 Å². The highest BCUT2D eigenvalue weighted by atomic mass is 16.6. The predicted octanol–water partition coefficient (Wildman–Crippen LogP) is 2.29. The molecule has 1 N–H and O–H groups in total. The Kier molecular flexibility index (Phi) is 5.05. The van der Waals surface area contributed by atoms with Gasteiger partial charge in [0.2, 0.25) is 0 Å². The molecule has 0 aromatic heterocycles. The second-order valence-corrected chi connectivity index (χ2v) is 6.76. The minimum Gasteiger partial charge on any atom is -0.875 e. The number of nitrogens with one attached hydrogen (secondary N) is 1. The van der Waals surface area contributed by atoms with Crippen molar-refractivity contribution in [2.75, 3.05) is 5.43 Å². The maximum atomic E-state index is 12.2. The third kappa shape index (κ3) is 4.02. The Morgan fingerprint density at radius 3 is 2.38 bits per heavy atom. The molecule has 1 aromatic rings. The summed E-state index contributed by atoms with van der Waals surface area (Å²) in [7, 11) is 0. The molecule has 0 bridgehead atoms. The first-order valence-corrected chi connectivity index (χ1v) is 7.69. The van der Waals surface area contributed by atoms with Gasteiger partial charge in [0, 0.05) is 18.1 Å². The maximum Gasteiger partial charge on any atom is 0.301 e. The number of nitro groups is 2. The number of non-ortho nitro benzene ring substituents is 1. The molecule has 0 spiro atoms. The number of nitrogens with zero attached hydrogens (tertiary/aromatic N) is 3. The van der Waals surface area contributed by atoms with Gasteiger partial charge in [0.1, 0.15) is 5.69 Å². The molecule has 10 nitrogen and oxygen atoms in total. The minimum atomic E-state index is -0.785. The molecule has 0 unspecified atom stereocenters. The first-order chi connectivity index (χ1) is 12.0. The van der Waals surface area contributed by atoms with Crippen LogP contribution in [0.3, 0.4) is 0 Å². The SMILES string of the molecule is C/C(=N/Nc1ccc([N+](=O)[O-])cc1[N+](=O)[O-])C1=C([O-])CC(C)(C)CC1=O. The number of benzene rings is 1. The fourth-order valence-electron chi connectivity index (χ4n) is 2.75. The molecule has 0 heterocycles. The molecular formula is C16H17N4O6-. The number of rotatable bonds is 5. The van der Waals surface area contributed by atoms with Crippen LogP contribution in [-0.2, 0) is 4.79 Å². The van der Waals surface area contributed by atoms with Crippen LogP contribution in [0.25, 0.3) is 0 Å². The number of ketones is 1. The zero-order valence-corrected chi connectivity index (χ0v) is 14.4. The highest BCUT2D eigenvalue weighted by Gasteiger charge is 2.30. The molecule has 1 aliphatic carbocycles. The molecule has 0 fully saturated rings. The average Bonchev–Trinajstić information content (AvgIpc) is 2.50. The van der Waals surface area contributed by atoms with E-state index < -0.39 is 26.6 Å². The molecule has 138 valence electrons. The standard InChI is InChI=1S/C16H18N4O6/c1-9(15-13(21)7-16(2,3)8-14(15)22)17-18-11-5-4-10(19(23)24)6-12(11)20(25)26/h4-6,18,21H,7-8H2,1-3H3/p-1/b17-9-. The number of anilines is 1. The molecule has 1 aliphatic rings. The highest BCUT2D eigenvalue weighted by Crippen LogP contribution is 2.35. The Morgan fingerprint density at radius 2 is 1.85 bits per heavy atom. The van der Waals surface area contributed by atoms with Crippen molar-refractivity contribution in [3.63, 3.8) is 0 Å². The van der Waals surface area contributed by atoms with Gasteiger partial charge in [-0.15, -0.1) is 5.76 Å². The monoisotopic (exact) mass is 361 g/mol. The van der Waals surface area contributed by atoms with Crippen LogP contribution in [0.4, 0.5) is 17.1 Å². The molecule has 1 aromatic carbocycles. The van der Waals surface area contributed by atoms with Gasteiger partial charge in [-0.2, -0.15) is 5.10 Å². The molecule has 26 heavy (non-hydrogen) atoms. The van der Waals surface area contributed by atoms with Crippen LogP contribution in [0, 0.1) is 25.6 Å². The zero-order valence-electron chi connectivity index (χ0n) is 14.4. The number of carbonyl (C=O) groups excluding carboxylic acids is 1. The van der Waals surface area contributed by atoms with Crippen molar-refractivity contribution >= 4 is 28.6 Å². The van der Waals surface area contributed by atoms with E-state index in [9.17, 15) is 30.1 Å². The highest BCUT2D eigenvalue weighted by molar-refractivity contribution is 6.22. The van der Waals surface area contributed by atoms with Gasteiger partial charge in [0.15, 0.2) is 5.78 Å². The van der Waals surface area contributed by atoms with E-state index in [1.165, 1.54) is 6.92 Å². The number of hydrazone groups is 1. The van der Waals surface area contributed by atoms with E-state index in [2.05, 4.69) is 10.5 Å². The first kappa shape index (κ1) is 19.0. The van der Waals surface area contributed by atoms with Crippen LogP contribution in [0.1, 0.15) is 33.6 Å². The van der Waals surface area contributed by atoms with Gasteiger partial charge in [0.25, 0.3) is 5.69 Å². The fourth-order valence-corrected chi connectivity index (χ4v) is 2.75. The summed E-state index contributed by atoms with van der Waals surface area (Å²) in [4.78, 5) is 32.5. The van der Waals surface area contributed by atoms with Gasteiger partial charge in [-0.1, -0.05) is 13.8 Å². The summed E-state index contributed by atoms with van der Waals surface area (Å²) in [5.41, 5.74) is 1.03. The largest absolute Gasteiger partial charge is 0.875 e. The lowest BCUT2D eigenvalue weighted by atomic mass is 9.76. The van der Waals surface area contributed by atoms with Crippen LogP contribution in [0.5, 0.6) is 0 Å². The Labute approximate surface area is 148 Å². The number of hydrogen-bond donors (Lipinski definition) is 1. The van der Waals surface area contributed by atoms with Crippen molar-refractivity contribution < 1.29 is 19.7 Å². The maximum absolute atomic E-state index is 12.2. The number of Topliss-reactive ketones (excluding diaryl/α,β-unsaturated/α-hetero) is 1. The smallest absolute Gasteiger partial charge is 0.301 e. The Balaban J connectivity index is 2.33. The Morgan fingerprint density at radius 1 is 1.19 bits per heavy atom. The van der Waals surface area contributed by atoms with E-state index in [0.717, 1.165) is 18.2 Å². The summed E-state index contributed by atoms with van der Waals surface area (Å²) < 4.78 is 0. The minimum absolute atomic E-state index is 0.0265. The van der Waals surface area contributed by atoms with Crippen LogP contribution < -0.4 is 10.5 Å². The Bertz CT molecular complexity index is 856. The van der Waals surface area contributed by atoms with E-state index in [1.807, 2.05) is 13.8 Å². The van der Waals surface area contributed by atoms with Gasteiger partial charge in [0.05, 0.1) is 21.6 Å². The van der Waals surface area contributed by atoms with E-state index in [4.69, 9.17) is 0 Å². The van der Waals surface area contributed by atoms with Gasteiger partial charge in [-0.05, 0) is 24.8 Å². The molecule has 0 atom stereocenters. The van der Waals surface area contributed by atoms with Crippen molar-refractivity contribution in [3.8, 4) is 0 Å². The van der Waals surface area contributed by atoms with Crippen molar-refractivity contribution in [2.45, 2.75) is 33.6 Å². The summed E-state index contributed by atoms with van der Waals surface area (Å²) in [6.07, 6.45) is 0.414. The van der Waals surface area contributed by atoms with Crippen molar-refractivity contribution in [1.29, 1.82) is 0 Å². The second-order valence-electron chi connectivity index (χ2n) is 6.76. The number of allylic oxidation sites excluding steroid dienone is 2. The predicted molar refractivity (Wildman–Crippen MR) is 91.5 cm³/mol. The van der Waals surface area contributed by atoms with Gasteiger partial charge < -0.3 is 5.11 Å². The number of hydrogen-bond acceptors (Lipinski definition) is 8. The summed E-state index contributed by atoms with van der Waals surface area (Å²) in [6, 6.07) is 3.04. The molecule has 2 rings (SSSR count). The van der Waals surface area contributed by atoms with Crippen LogP contribution in [0.2, 0.25) is 0 Å². The molecular weight excluding hydrogens is 344 g/mol. The topological polar surface area (TPSA) is 151 Å². The second kappa shape index (κ2) is 6.90. The number of nitro benzene ring substituents is 2. The first-order valence-electron chi connectivity index (χ1n) is 7.69. The normalized spacial score (nSPS) is 17.2. The average molecular weight is 361 g/mol. The summed E-state index contributed by atoms with van der Waals surface area (Å²) in [6.45, 7) is 5.10. The van der Waals surface area contributed by atoms with Gasteiger partial charge in [-0.3, -0.25) is 30.4 Å². The van der Waals surface area contributed by atoms with E-state index in [1.54, 1.807) is 0 Å². The number of carbonyl (C=O) groups is 1.